The van der Waals surface area contributed by atoms with Crippen LogP contribution in [0.2, 0.25) is 10.0 Å². The lowest BCUT2D eigenvalue weighted by atomic mass is 9.88. The van der Waals surface area contributed by atoms with Crippen molar-refractivity contribution in [3.05, 3.63) is 102 Å². The Bertz CT molecular complexity index is 1300. The quantitative estimate of drug-likeness (QED) is 0.242. The molecule has 0 fully saturated rings. The molecule has 1 N–H and O–H groups in total. The maximum atomic E-state index is 13.4. The maximum absolute atomic E-state index is 13.4. The molecular formula is C23H15BrCl2N2O5. The van der Waals surface area contributed by atoms with E-state index in [0.717, 1.165) is 0 Å². The van der Waals surface area contributed by atoms with Gasteiger partial charge in [-0.2, -0.15) is 0 Å². The van der Waals surface area contributed by atoms with Gasteiger partial charge < -0.3 is 10.0 Å². The zero-order valence-electron chi connectivity index (χ0n) is 16.8. The van der Waals surface area contributed by atoms with Crippen LogP contribution in [-0.4, -0.2) is 21.7 Å². The van der Waals surface area contributed by atoms with Gasteiger partial charge in [0, 0.05) is 37.8 Å². The summed E-state index contributed by atoms with van der Waals surface area (Å²) in [6.07, 6.45) is -0.530. The van der Waals surface area contributed by atoms with Crippen molar-refractivity contribution in [3.8, 4) is 0 Å². The molecule has 0 bridgehead atoms. The van der Waals surface area contributed by atoms with Crippen LogP contribution in [0.5, 0.6) is 0 Å². The van der Waals surface area contributed by atoms with E-state index in [1.165, 1.54) is 29.2 Å². The topological polar surface area (TPSA) is 101 Å². The van der Waals surface area contributed by atoms with Crippen LogP contribution in [0.3, 0.4) is 0 Å². The molecule has 4 rings (SSSR count). The predicted molar refractivity (Wildman–Crippen MR) is 128 cm³/mol. The summed E-state index contributed by atoms with van der Waals surface area (Å²) in [5.74, 6) is -1.20. The number of fused-ring (bicyclic) bond motifs is 1. The summed E-state index contributed by atoms with van der Waals surface area (Å²) < 4.78 is 0.627. The first-order valence-electron chi connectivity index (χ1n) is 9.66. The van der Waals surface area contributed by atoms with Crippen molar-refractivity contribution < 1.29 is 19.6 Å². The molecule has 0 spiro atoms. The fourth-order valence-corrected chi connectivity index (χ4v) is 4.60. The molecule has 1 aliphatic rings. The lowest BCUT2D eigenvalue weighted by molar-refractivity contribution is -0.384. The molecule has 1 unspecified atom stereocenters. The van der Waals surface area contributed by atoms with Crippen LogP contribution in [0.1, 0.15) is 27.9 Å². The summed E-state index contributed by atoms with van der Waals surface area (Å²) in [4.78, 5) is 38.0. The molecule has 1 heterocycles. The number of halogens is 3. The van der Waals surface area contributed by atoms with E-state index in [1.54, 1.807) is 36.4 Å². The Kier molecular flexibility index (Phi) is 6.28. The Hall–Kier alpha value is -2.78. The van der Waals surface area contributed by atoms with Crippen LogP contribution in [-0.2, 0) is 16.9 Å². The second-order valence-corrected chi connectivity index (χ2v) is 9.31. The van der Waals surface area contributed by atoms with Gasteiger partial charge in [-0.05, 0) is 48.0 Å². The summed E-state index contributed by atoms with van der Waals surface area (Å²) in [6, 6.07) is 14.9. The highest BCUT2D eigenvalue weighted by molar-refractivity contribution is 9.10. The standard InChI is InChI=1S/C23H15BrCl2N2O5/c24-15-4-8-20-18(9-15)23(31,11-21(29)13-2-6-17(7-3-13)28(32)33)22(30)27(20)12-14-1-5-16(25)10-19(14)26/h1-10,31H,11-12H2. The fourth-order valence-electron chi connectivity index (χ4n) is 3.77. The number of nitro groups is 1. The third-order valence-corrected chi connectivity index (χ3v) is 6.53. The lowest BCUT2D eigenvalue weighted by Gasteiger charge is -2.23. The zero-order valence-corrected chi connectivity index (χ0v) is 19.9. The van der Waals surface area contributed by atoms with E-state index in [2.05, 4.69) is 15.9 Å². The fraction of sp³-hybridized carbons (Fsp3) is 0.130. The van der Waals surface area contributed by atoms with Gasteiger partial charge in [-0.3, -0.25) is 19.7 Å². The normalized spacial score (nSPS) is 17.2. The van der Waals surface area contributed by atoms with Crippen molar-refractivity contribution in [2.45, 2.75) is 18.6 Å². The Balaban J connectivity index is 1.69. The van der Waals surface area contributed by atoms with Crippen molar-refractivity contribution in [1.82, 2.24) is 0 Å². The van der Waals surface area contributed by atoms with Crippen LogP contribution in [0.25, 0.3) is 0 Å². The molecule has 0 saturated carbocycles. The van der Waals surface area contributed by atoms with E-state index < -0.39 is 28.6 Å². The predicted octanol–water partition coefficient (Wildman–Crippen LogP) is 5.67. The summed E-state index contributed by atoms with van der Waals surface area (Å²) in [6.45, 7) is 0.0670. The van der Waals surface area contributed by atoms with Crippen LogP contribution in [0.15, 0.2) is 65.1 Å². The Labute approximate surface area is 206 Å². The van der Waals surface area contributed by atoms with Gasteiger partial charge in [0.25, 0.3) is 11.6 Å². The van der Waals surface area contributed by atoms with Crippen LogP contribution < -0.4 is 4.90 Å². The molecule has 33 heavy (non-hydrogen) atoms. The van der Waals surface area contributed by atoms with E-state index in [-0.39, 0.29) is 23.4 Å². The number of amides is 1. The van der Waals surface area contributed by atoms with E-state index in [1.807, 2.05) is 0 Å². The molecule has 1 amide bonds. The van der Waals surface area contributed by atoms with Crippen LogP contribution in [0, 0.1) is 10.1 Å². The van der Waals surface area contributed by atoms with Gasteiger partial charge in [-0.15, -0.1) is 0 Å². The number of anilines is 1. The highest BCUT2D eigenvalue weighted by atomic mass is 79.9. The number of hydrogen-bond acceptors (Lipinski definition) is 5. The number of benzene rings is 3. The first-order chi connectivity index (χ1) is 15.6. The minimum Gasteiger partial charge on any atom is -0.375 e. The molecule has 7 nitrogen and oxygen atoms in total. The SMILES string of the molecule is O=C(CC1(O)C(=O)N(Cc2ccc(Cl)cc2Cl)c2ccc(Br)cc21)c1ccc([N+](=O)[O-])cc1. The third-order valence-electron chi connectivity index (χ3n) is 5.45. The van der Waals surface area contributed by atoms with Gasteiger partial charge in [0.15, 0.2) is 11.4 Å². The zero-order chi connectivity index (χ0) is 23.9. The van der Waals surface area contributed by atoms with Gasteiger partial charge in [-0.25, -0.2) is 0 Å². The number of ketones is 1. The van der Waals surface area contributed by atoms with E-state index in [9.17, 15) is 24.8 Å². The molecule has 3 aromatic rings. The first kappa shape index (κ1) is 23.4. The number of Topliss-reactive ketones (excluding diaryl/α,β-unsaturated/α-hetero) is 1. The highest BCUT2D eigenvalue weighted by Gasteiger charge is 2.51. The minimum atomic E-state index is -2.11. The van der Waals surface area contributed by atoms with Gasteiger partial charge >= 0.3 is 0 Å². The molecule has 1 atom stereocenters. The van der Waals surface area contributed by atoms with Gasteiger partial charge in [0.05, 0.1) is 23.6 Å². The molecular weight excluding hydrogens is 535 g/mol. The Morgan fingerprint density at radius 3 is 2.42 bits per heavy atom. The monoisotopic (exact) mass is 548 g/mol. The largest absolute Gasteiger partial charge is 0.375 e. The van der Waals surface area contributed by atoms with Gasteiger partial charge in [-0.1, -0.05) is 45.2 Å². The molecule has 168 valence electrons. The second-order valence-electron chi connectivity index (χ2n) is 7.55. The van der Waals surface area contributed by atoms with E-state index in [0.29, 0.717) is 25.8 Å². The van der Waals surface area contributed by atoms with Crippen LogP contribution in [0.4, 0.5) is 11.4 Å². The number of nitrogens with zero attached hydrogens (tertiary/aromatic N) is 2. The highest BCUT2D eigenvalue weighted by Crippen LogP contribution is 2.45. The van der Waals surface area contributed by atoms with Gasteiger partial charge in [0.2, 0.25) is 0 Å². The molecule has 1 aliphatic heterocycles. The van der Waals surface area contributed by atoms with Crippen molar-refractivity contribution in [3.63, 3.8) is 0 Å². The third kappa shape index (κ3) is 4.39. The van der Waals surface area contributed by atoms with Crippen molar-refractivity contribution in [2.75, 3.05) is 4.90 Å². The molecule has 0 aliphatic carbocycles. The average Bonchev–Trinajstić information content (AvgIpc) is 2.97. The number of rotatable bonds is 6. The molecule has 0 aromatic heterocycles. The van der Waals surface area contributed by atoms with Gasteiger partial charge in [0.1, 0.15) is 0 Å². The summed E-state index contributed by atoms with van der Waals surface area (Å²) >= 11 is 15.6. The van der Waals surface area contributed by atoms with Crippen molar-refractivity contribution >= 4 is 62.2 Å². The average molecular weight is 550 g/mol. The minimum absolute atomic E-state index is 0.0670. The number of hydrogen-bond donors (Lipinski definition) is 1. The Morgan fingerprint density at radius 1 is 1.09 bits per heavy atom. The number of carbonyl (C=O) groups is 2. The maximum Gasteiger partial charge on any atom is 0.269 e. The number of nitro benzene ring substituents is 1. The summed E-state index contributed by atoms with van der Waals surface area (Å²) in [7, 11) is 0. The number of non-ortho nitro benzene ring substituents is 1. The van der Waals surface area contributed by atoms with Crippen molar-refractivity contribution in [2.24, 2.45) is 0 Å². The van der Waals surface area contributed by atoms with E-state index in [4.69, 9.17) is 23.2 Å². The smallest absolute Gasteiger partial charge is 0.269 e. The molecule has 3 aromatic carbocycles. The number of aliphatic hydroxyl groups is 1. The summed E-state index contributed by atoms with van der Waals surface area (Å²) in [5.41, 5.74) is -0.776. The molecule has 10 heteroatoms. The first-order valence-corrected chi connectivity index (χ1v) is 11.2. The van der Waals surface area contributed by atoms with E-state index >= 15 is 0 Å². The van der Waals surface area contributed by atoms with Crippen molar-refractivity contribution in [1.29, 1.82) is 0 Å². The summed E-state index contributed by atoms with van der Waals surface area (Å²) in [5, 5.41) is 23.2. The van der Waals surface area contributed by atoms with Crippen LogP contribution >= 0.6 is 39.1 Å². The number of carbonyl (C=O) groups excluding carboxylic acids is 2. The Morgan fingerprint density at radius 2 is 1.79 bits per heavy atom. The lowest BCUT2D eigenvalue weighted by Crippen LogP contribution is -2.41. The second kappa shape index (κ2) is 8.87. The molecule has 0 radical (unpaired) electrons. The molecule has 0 saturated heterocycles.